The average Bonchev–Trinajstić information content (AvgIpc) is 2.83. The molecule has 0 aliphatic carbocycles. The fourth-order valence-electron chi connectivity index (χ4n) is 3.53. The first-order chi connectivity index (χ1) is 16.6. The number of esters is 1. The van der Waals surface area contributed by atoms with Crippen molar-refractivity contribution in [3.63, 3.8) is 0 Å². The number of aliphatic hydroxyl groups is 1. The Morgan fingerprint density at radius 2 is 1.77 bits per heavy atom. The smallest absolute Gasteiger partial charge is 0.313 e. The van der Waals surface area contributed by atoms with Gasteiger partial charge in [-0.15, -0.1) is 0 Å². The van der Waals surface area contributed by atoms with E-state index in [1.165, 1.54) is 7.11 Å². The van der Waals surface area contributed by atoms with Crippen molar-refractivity contribution in [2.45, 2.75) is 76.0 Å². The minimum atomic E-state index is -3.77. The fourth-order valence-corrected chi connectivity index (χ4v) is 5.23. The first-order valence-corrected chi connectivity index (χ1v) is 13.7. The largest absolute Gasteiger partial charge is 0.493 e. The Labute approximate surface area is 209 Å². The highest BCUT2D eigenvalue weighted by Crippen LogP contribution is 2.30. The summed E-state index contributed by atoms with van der Waals surface area (Å²) in [5, 5.41) is 9.96. The van der Waals surface area contributed by atoms with Gasteiger partial charge >= 0.3 is 5.97 Å². The Morgan fingerprint density at radius 1 is 1.09 bits per heavy atom. The van der Waals surface area contributed by atoms with E-state index in [1.807, 2.05) is 13.0 Å². The van der Waals surface area contributed by atoms with Crippen molar-refractivity contribution in [1.29, 1.82) is 0 Å². The highest BCUT2D eigenvalue weighted by Gasteiger charge is 2.31. The summed E-state index contributed by atoms with van der Waals surface area (Å²) in [6, 6.07) is 11.9. The van der Waals surface area contributed by atoms with Crippen LogP contribution in [0.4, 0.5) is 0 Å². The fraction of sp³-hybridized carbons (Fsp3) is 0.464. The number of aryl methyl sites for hydroxylation is 2. The molecule has 2 rings (SSSR count). The quantitative estimate of drug-likeness (QED) is 0.170. The molecule has 6 nitrogen and oxygen atoms in total. The minimum absolute atomic E-state index is 0.199. The first-order valence-electron chi connectivity index (χ1n) is 12.1. The predicted octanol–water partition coefficient (Wildman–Crippen LogP) is 5.45. The first kappa shape index (κ1) is 28.6. The number of aliphatic hydroxyl groups excluding tert-OH is 1. The molecule has 2 aromatic carbocycles. The Hall–Kier alpha value is -2.64. The molecule has 0 aromatic heterocycles. The van der Waals surface area contributed by atoms with E-state index in [4.69, 9.17) is 9.47 Å². The number of methoxy groups -OCH3 is 1. The molecule has 0 saturated carbocycles. The number of allylic oxidation sites excluding steroid dienone is 1. The number of rotatable bonds is 13. The van der Waals surface area contributed by atoms with E-state index >= 15 is 0 Å². The number of carbonyl (C=O) groups is 1. The second-order valence-corrected chi connectivity index (χ2v) is 11.2. The number of ether oxygens (including phenoxy) is 2. The summed E-state index contributed by atoms with van der Waals surface area (Å²) in [5.41, 5.74) is 1.81. The van der Waals surface area contributed by atoms with Crippen molar-refractivity contribution in [1.82, 2.24) is 0 Å². The number of benzene rings is 2. The topological polar surface area (TPSA) is 89.9 Å². The third-order valence-corrected chi connectivity index (χ3v) is 7.89. The van der Waals surface area contributed by atoms with Crippen molar-refractivity contribution < 1.29 is 27.8 Å². The van der Waals surface area contributed by atoms with E-state index < -0.39 is 21.2 Å². The van der Waals surface area contributed by atoms with Crippen molar-refractivity contribution in [3.05, 3.63) is 65.7 Å². The van der Waals surface area contributed by atoms with E-state index in [1.54, 1.807) is 62.4 Å². The van der Waals surface area contributed by atoms with Crippen LogP contribution in [0.2, 0.25) is 0 Å². The SMILES string of the molecule is CCCCC=CC(C(O)CCc1ccc(OC(=O)C(C)C)c(OC)c1)S(=O)(=O)c1ccc(C)cc1. The maximum absolute atomic E-state index is 13.4. The van der Waals surface area contributed by atoms with Crippen LogP contribution in [0, 0.1) is 12.8 Å². The summed E-state index contributed by atoms with van der Waals surface area (Å²) in [6.45, 7) is 7.48. The molecule has 0 aliphatic heterocycles. The predicted molar refractivity (Wildman–Crippen MR) is 139 cm³/mol. The second kappa shape index (κ2) is 13.4. The molecule has 0 bridgehead atoms. The van der Waals surface area contributed by atoms with E-state index in [0.29, 0.717) is 17.9 Å². The summed E-state index contributed by atoms with van der Waals surface area (Å²) >= 11 is 0. The standard InChI is InChI=1S/C28H38O6S/c1-6-7-8-9-10-27(35(31,32)23-15-11-21(4)12-16-23)24(29)17-13-22-14-18-25(26(19-22)33-5)34-28(30)20(2)3/h9-12,14-16,18-20,24,27,29H,6-8,13,17H2,1-5H3. The summed E-state index contributed by atoms with van der Waals surface area (Å²) in [6.07, 6.45) is 5.78. The molecule has 0 fully saturated rings. The monoisotopic (exact) mass is 502 g/mol. The van der Waals surface area contributed by atoms with Crippen molar-refractivity contribution >= 4 is 15.8 Å². The van der Waals surface area contributed by atoms with E-state index in [0.717, 1.165) is 30.4 Å². The molecule has 35 heavy (non-hydrogen) atoms. The van der Waals surface area contributed by atoms with Gasteiger partial charge in [0.1, 0.15) is 5.25 Å². The molecule has 0 amide bonds. The Kier molecular flexibility index (Phi) is 11.0. The maximum atomic E-state index is 13.4. The van der Waals surface area contributed by atoms with Gasteiger partial charge in [-0.2, -0.15) is 0 Å². The van der Waals surface area contributed by atoms with Crippen LogP contribution in [0.1, 0.15) is 57.6 Å². The Balaban J connectivity index is 2.21. The summed E-state index contributed by atoms with van der Waals surface area (Å²) in [4.78, 5) is 12.1. The van der Waals surface area contributed by atoms with Crippen LogP contribution in [0.25, 0.3) is 0 Å². The number of hydrogen-bond acceptors (Lipinski definition) is 6. The van der Waals surface area contributed by atoms with Crippen LogP contribution in [0.3, 0.4) is 0 Å². The molecule has 2 unspecified atom stereocenters. The van der Waals surface area contributed by atoms with E-state index in [2.05, 4.69) is 6.92 Å². The molecule has 0 heterocycles. The molecular weight excluding hydrogens is 464 g/mol. The Morgan fingerprint density at radius 3 is 2.37 bits per heavy atom. The summed E-state index contributed by atoms with van der Waals surface area (Å²) in [7, 11) is -2.28. The van der Waals surface area contributed by atoms with Crippen LogP contribution in [0.15, 0.2) is 59.5 Å². The maximum Gasteiger partial charge on any atom is 0.313 e. The number of sulfone groups is 1. The van der Waals surface area contributed by atoms with Crippen molar-refractivity contribution in [2.75, 3.05) is 7.11 Å². The highest BCUT2D eigenvalue weighted by molar-refractivity contribution is 7.92. The van der Waals surface area contributed by atoms with Crippen LogP contribution < -0.4 is 9.47 Å². The molecular formula is C28H38O6S. The van der Waals surface area contributed by atoms with Gasteiger partial charge in [0.05, 0.1) is 24.0 Å². The van der Waals surface area contributed by atoms with E-state index in [9.17, 15) is 18.3 Å². The highest BCUT2D eigenvalue weighted by atomic mass is 32.2. The average molecular weight is 503 g/mol. The van der Waals surface area contributed by atoms with Gasteiger partial charge in [-0.3, -0.25) is 4.79 Å². The molecule has 1 N–H and O–H groups in total. The number of hydrogen-bond donors (Lipinski definition) is 1. The molecule has 2 aromatic rings. The third kappa shape index (κ3) is 8.22. The zero-order valence-electron chi connectivity index (χ0n) is 21.4. The number of carbonyl (C=O) groups excluding carboxylic acids is 1. The van der Waals surface area contributed by atoms with Gasteiger partial charge in [-0.25, -0.2) is 8.42 Å². The lowest BCUT2D eigenvalue weighted by Gasteiger charge is -2.21. The number of unbranched alkanes of at least 4 members (excludes halogenated alkanes) is 2. The molecule has 0 saturated heterocycles. The molecule has 0 aliphatic rings. The van der Waals surface area contributed by atoms with Gasteiger partial charge in [0.2, 0.25) is 0 Å². The summed E-state index contributed by atoms with van der Waals surface area (Å²) < 4.78 is 37.5. The normalized spacial score (nSPS) is 13.7. The van der Waals surface area contributed by atoms with Crippen LogP contribution in [0.5, 0.6) is 11.5 Å². The van der Waals surface area contributed by atoms with Gasteiger partial charge in [0.25, 0.3) is 0 Å². The minimum Gasteiger partial charge on any atom is -0.493 e. The van der Waals surface area contributed by atoms with Crippen molar-refractivity contribution in [3.8, 4) is 11.5 Å². The molecule has 0 spiro atoms. The van der Waals surface area contributed by atoms with Gasteiger partial charge in [0.15, 0.2) is 21.3 Å². The molecule has 2 atom stereocenters. The second-order valence-electron chi connectivity index (χ2n) is 9.06. The molecule has 0 radical (unpaired) electrons. The lowest BCUT2D eigenvalue weighted by molar-refractivity contribution is -0.137. The molecule has 7 heteroatoms. The molecule has 192 valence electrons. The van der Waals surface area contributed by atoms with Gasteiger partial charge in [-0.1, -0.05) is 69.5 Å². The zero-order valence-corrected chi connectivity index (χ0v) is 22.2. The lowest BCUT2D eigenvalue weighted by atomic mass is 10.0. The zero-order chi connectivity index (χ0) is 26.0. The van der Waals surface area contributed by atoms with Gasteiger partial charge in [0, 0.05) is 0 Å². The lowest BCUT2D eigenvalue weighted by Crippen LogP contribution is -2.33. The van der Waals surface area contributed by atoms with Gasteiger partial charge in [-0.05, 0) is 56.0 Å². The van der Waals surface area contributed by atoms with Gasteiger partial charge < -0.3 is 14.6 Å². The van der Waals surface area contributed by atoms with Crippen molar-refractivity contribution in [2.24, 2.45) is 5.92 Å². The van der Waals surface area contributed by atoms with Crippen LogP contribution >= 0.6 is 0 Å². The Bertz CT molecular complexity index is 1090. The third-order valence-electron chi connectivity index (χ3n) is 5.78. The summed E-state index contributed by atoms with van der Waals surface area (Å²) in [5.74, 6) is 0.112. The van der Waals surface area contributed by atoms with Crippen LogP contribution in [-0.2, 0) is 21.1 Å². The van der Waals surface area contributed by atoms with E-state index in [-0.39, 0.29) is 23.2 Å². The van der Waals surface area contributed by atoms with Crippen LogP contribution in [-0.4, -0.2) is 38.0 Å².